The average molecular weight is 220 g/mol. The van der Waals surface area contributed by atoms with Gasteiger partial charge < -0.3 is 5.32 Å². The molecule has 14 heavy (non-hydrogen) atoms. The Morgan fingerprint density at radius 3 is 2.86 bits per heavy atom. The number of hydrogen-bond acceptors (Lipinski definition) is 3. The molecule has 4 nitrogen and oxygen atoms in total. The van der Waals surface area contributed by atoms with Gasteiger partial charge in [0.2, 0.25) is 10.0 Å². The molecule has 1 fully saturated rings. The number of nitrogens with zero attached hydrogens (tertiary/aromatic N) is 1. The van der Waals surface area contributed by atoms with Crippen molar-refractivity contribution < 1.29 is 8.42 Å². The summed E-state index contributed by atoms with van der Waals surface area (Å²) in [6, 6.07) is 0.0917. The molecule has 0 aliphatic carbocycles. The Morgan fingerprint density at radius 1 is 1.50 bits per heavy atom. The lowest BCUT2D eigenvalue weighted by atomic mass is 10.3. The number of hydrogen-bond donors (Lipinski definition) is 1. The fourth-order valence-electron chi connectivity index (χ4n) is 1.78. The van der Waals surface area contributed by atoms with Crippen LogP contribution in [0.4, 0.5) is 0 Å². The van der Waals surface area contributed by atoms with Gasteiger partial charge in [0, 0.05) is 19.1 Å². The zero-order valence-corrected chi connectivity index (χ0v) is 9.81. The maximum absolute atomic E-state index is 11.8. The molecule has 1 unspecified atom stereocenters. The first kappa shape index (κ1) is 11.9. The van der Waals surface area contributed by atoms with E-state index < -0.39 is 10.0 Å². The van der Waals surface area contributed by atoms with Gasteiger partial charge in [-0.15, -0.1) is 0 Å². The van der Waals surface area contributed by atoms with E-state index in [9.17, 15) is 8.42 Å². The second kappa shape index (κ2) is 5.09. The van der Waals surface area contributed by atoms with Crippen LogP contribution in [0, 0.1) is 0 Å². The normalized spacial score (nSPS) is 26.0. The largest absolute Gasteiger partial charge is 0.315 e. The molecule has 84 valence electrons. The summed E-state index contributed by atoms with van der Waals surface area (Å²) in [6.07, 6.45) is 1.60. The van der Waals surface area contributed by atoms with Gasteiger partial charge in [0.1, 0.15) is 0 Å². The third-order valence-corrected chi connectivity index (χ3v) is 4.66. The van der Waals surface area contributed by atoms with E-state index in [1.807, 2.05) is 13.8 Å². The first-order valence-electron chi connectivity index (χ1n) is 5.28. The molecule has 1 rings (SSSR count). The van der Waals surface area contributed by atoms with Crippen LogP contribution in [-0.2, 0) is 10.0 Å². The summed E-state index contributed by atoms with van der Waals surface area (Å²) in [5, 5.41) is 3.24. The number of sulfonamides is 1. The molecule has 0 saturated carbocycles. The van der Waals surface area contributed by atoms with Crippen LogP contribution in [0.25, 0.3) is 0 Å². The monoisotopic (exact) mass is 220 g/mol. The molecule has 0 radical (unpaired) electrons. The van der Waals surface area contributed by atoms with Crippen molar-refractivity contribution in [3.05, 3.63) is 0 Å². The van der Waals surface area contributed by atoms with Gasteiger partial charge in [-0.2, -0.15) is 4.31 Å². The van der Waals surface area contributed by atoms with E-state index in [0.717, 1.165) is 19.5 Å². The van der Waals surface area contributed by atoms with Crippen LogP contribution in [0.2, 0.25) is 0 Å². The maximum atomic E-state index is 11.8. The van der Waals surface area contributed by atoms with E-state index in [2.05, 4.69) is 5.32 Å². The topological polar surface area (TPSA) is 49.4 Å². The number of nitrogens with one attached hydrogen (secondary N) is 1. The molecule has 0 aromatic rings. The molecule has 0 spiro atoms. The van der Waals surface area contributed by atoms with E-state index >= 15 is 0 Å². The first-order valence-corrected chi connectivity index (χ1v) is 6.89. The summed E-state index contributed by atoms with van der Waals surface area (Å²) >= 11 is 0. The van der Waals surface area contributed by atoms with Crippen LogP contribution in [0.1, 0.15) is 26.7 Å². The molecule has 0 bridgehead atoms. The van der Waals surface area contributed by atoms with E-state index in [1.54, 1.807) is 4.31 Å². The highest BCUT2D eigenvalue weighted by atomic mass is 32.2. The fraction of sp³-hybridized carbons (Fsp3) is 1.00. The molecule has 1 saturated heterocycles. The Morgan fingerprint density at radius 2 is 2.21 bits per heavy atom. The summed E-state index contributed by atoms with van der Waals surface area (Å²) in [5.41, 5.74) is 0. The van der Waals surface area contributed by atoms with Gasteiger partial charge in [0.25, 0.3) is 0 Å². The van der Waals surface area contributed by atoms with Crippen molar-refractivity contribution in [2.45, 2.75) is 32.7 Å². The first-order chi connectivity index (χ1) is 6.58. The summed E-state index contributed by atoms with van der Waals surface area (Å²) in [7, 11) is -3.01. The average Bonchev–Trinajstić information content (AvgIpc) is 2.29. The highest BCUT2D eigenvalue weighted by Crippen LogP contribution is 2.11. The zero-order valence-electron chi connectivity index (χ0n) is 8.99. The molecule has 1 aliphatic heterocycles. The van der Waals surface area contributed by atoms with Crippen LogP contribution in [-0.4, -0.2) is 44.2 Å². The third-order valence-electron chi connectivity index (χ3n) is 2.48. The molecule has 1 heterocycles. The molecule has 1 N–H and O–H groups in total. The quantitative estimate of drug-likeness (QED) is 0.749. The van der Waals surface area contributed by atoms with Gasteiger partial charge in [-0.3, -0.25) is 0 Å². The van der Waals surface area contributed by atoms with Gasteiger partial charge >= 0.3 is 0 Å². The Bertz CT molecular complexity index is 264. The molecule has 1 aliphatic rings. The lowest BCUT2D eigenvalue weighted by Gasteiger charge is -2.25. The van der Waals surface area contributed by atoms with Crippen molar-refractivity contribution in [3.8, 4) is 0 Å². The Kier molecular flexibility index (Phi) is 4.34. The highest BCUT2D eigenvalue weighted by Gasteiger charge is 2.27. The van der Waals surface area contributed by atoms with E-state index in [4.69, 9.17) is 0 Å². The molecule has 1 atom stereocenters. The van der Waals surface area contributed by atoms with Crippen LogP contribution in [0.15, 0.2) is 0 Å². The Balaban J connectivity index is 2.72. The fourth-order valence-corrected chi connectivity index (χ4v) is 3.56. The summed E-state index contributed by atoms with van der Waals surface area (Å²) in [4.78, 5) is 0. The van der Waals surface area contributed by atoms with Crippen molar-refractivity contribution in [2.24, 2.45) is 0 Å². The summed E-state index contributed by atoms with van der Waals surface area (Å²) in [6.45, 7) is 6.21. The van der Waals surface area contributed by atoms with Crippen LogP contribution >= 0.6 is 0 Å². The Hall–Kier alpha value is -0.130. The number of rotatable bonds is 3. The van der Waals surface area contributed by atoms with Gasteiger partial charge in [0.15, 0.2) is 0 Å². The van der Waals surface area contributed by atoms with E-state index in [-0.39, 0.29) is 11.8 Å². The Labute approximate surface area is 86.7 Å². The third kappa shape index (κ3) is 2.93. The van der Waals surface area contributed by atoms with Gasteiger partial charge in [-0.25, -0.2) is 8.42 Å². The van der Waals surface area contributed by atoms with Crippen LogP contribution in [0.3, 0.4) is 0 Å². The van der Waals surface area contributed by atoms with Crippen molar-refractivity contribution in [1.82, 2.24) is 9.62 Å². The van der Waals surface area contributed by atoms with Crippen LogP contribution in [0.5, 0.6) is 0 Å². The minimum atomic E-state index is -3.01. The lowest BCUT2D eigenvalue weighted by Crippen LogP contribution is -2.42. The second-order valence-electron chi connectivity index (χ2n) is 3.83. The maximum Gasteiger partial charge on any atom is 0.214 e. The van der Waals surface area contributed by atoms with Gasteiger partial charge in [-0.1, -0.05) is 6.92 Å². The molecule has 0 amide bonds. The van der Waals surface area contributed by atoms with Crippen molar-refractivity contribution in [3.63, 3.8) is 0 Å². The van der Waals surface area contributed by atoms with Gasteiger partial charge in [-0.05, 0) is 26.3 Å². The smallest absolute Gasteiger partial charge is 0.214 e. The minimum Gasteiger partial charge on any atom is -0.315 e. The standard InChI is InChI=1S/C9H20N2O2S/c1-3-7-14(12,13)11-6-4-5-10-8-9(11)2/h9-10H,3-8H2,1-2H3. The predicted molar refractivity (Wildman–Crippen MR) is 57.7 cm³/mol. The van der Waals surface area contributed by atoms with Crippen LogP contribution < -0.4 is 5.32 Å². The van der Waals surface area contributed by atoms with Gasteiger partial charge in [0.05, 0.1) is 5.75 Å². The van der Waals surface area contributed by atoms with E-state index in [0.29, 0.717) is 13.0 Å². The molecule has 0 aromatic heterocycles. The lowest BCUT2D eigenvalue weighted by molar-refractivity contribution is 0.353. The highest BCUT2D eigenvalue weighted by molar-refractivity contribution is 7.89. The molecular formula is C9H20N2O2S. The minimum absolute atomic E-state index is 0.0917. The van der Waals surface area contributed by atoms with Crippen molar-refractivity contribution in [2.75, 3.05) is 25.4 Å². The van der Waals surface area contributed by atoms with Crippen molar-refractivity contribution in [1.29, 1.82) is 0 Å². The zero-order chi connectivity index (χ0) is 10.6. The molecule has 0 aromatic carbocycles. The van der Waals surface area contributed by atoms with Crippen molar-refractivity contribution >= 4 is 10.0 Å². The second-order valence-corrected chi connectivity index (χ2v) is 5.87. The van der Waals surface area contributed by atoms with E-state index in [1.165, 1.54) is 0 Å². The molecule has 5 heteroatoms. The SMILES string of the molecule is CCCS(=O)(=O)N1CCCNCC1C. The summed E-state index contributed by atoms with van der Waals surface area (Å²) in [5.74, 6) is 0.275. The summed E-state index contributed by atoms with van der Waals surface area (Å²) < 4.78 is 25.3. The predicted octanol–water partition coefficient (Wildman–Crippen LogP) is 0.410. The molecular weight excluding hydrogens is 200 g/mol.